The van der Waals surface area contributed by atoms with Crippen molar-refractivity contribution in [2.24, 2.45) is 5.92 Å². The topological polar surface area (TPSA) is 12.0 Å². The van der Waals surface area contributed by atoms with Crippen LogP contribution in [-0.4, -0.2) is 18.5 Å². The zero-order chi connectivity index (χ0) is 13.1. The third kappa shape index (κ3) is 6.99. The highest BCUT2D eigenvalue weighted by Crippen LogP contribution is 2.26. The predicted octanol–water partition coefficient (Wildman–Crippen LogP) is 5.12. The van der Waals surface area contributed by atoms with E-state index in [1.165, 1.54) is 77.2 Å². The van der Waals surface area contributed by atoms with Crippen molar-refractivity contribution < 1.29 is 0 Å². The minimum absolute atomic E-state index is 0.715. The Morgan fingerprint density at radius 2 is 1.61 bits per heavy atom. The molecule has 0 aromatic heterocycles. The largest absolute Gasteiger partial charge is 0.314 e. The molecule has 1 nitrogen and oxygen atoms in total. The van der Waals surface area contributed by atoms with Gasteiger partial charge in [0.1, 0.15) is 0 Å². The Morgan fingerprint density at radius 3 is 2.28 bits per heavy atom. The van der Waals surface area contributed by atoms with Gasteiger partial charge in [-0.05, 0) is 31.7 Å². The summed E-state index contributed by atoms with van der Waals surface area (Å²) in [5.41, 5.74) is 0. The second-order valence-corrected chi connectivity index (χ2v) is 6.19. The Morgan fingerprint density at radius 1 is 0.944 bits per heavy atom. The molecular weight excluding hydrogens is 242 g/mol. The maximum Gasteiger partial charge on any atom is 0.0266 e. The van der Waals surface area contributed by atoms with Crippen LogP contribution in [-0.2, 0) is 0 Å². The summed E-state index contributed by atoms with van der Waals surface area (Å²) in [7, 11) is 0. The number of halogens is 1. The van der Waals surface area contributed by atoms with Gasteiger partial charge in [0.15, 0.2) is 0 Å². The molecule has 0 aliphatic heterocycles. The molecule has 1 fully saturated rings. The van der Waals surface area contributed by atoms with Crippen molar-refractivity contribution >= 4 is 11.6 Å². The van der Waals surface area contributed by atoms with Gasteiger partial charge in [-0.25, -0.2) is 0 Å². The van der Waals surface area contributed by atoms with Crippen LogP contribution in [0.1, 0.15) is 77.6 Å². The molecule has 0 aromatic rings. The molecule has 1 N–H and O–H groups in total. The molecule has 18 heavy (non-hydrogen) atoms. The minimum atomic E-state index is 0.715. The first-order chi connectivity index (χ1) is 8.88. The fourth-order valence-corrected chi connectivity index (χ4v) is 3.41. The molecule has 1 rings (SSSR count). The third-order valence-corrected chi connectivity index (χ3v) is 4.69. The molecule has 2 heteroatoms. The summed E-state index contributed by atoms with van der Waals surface area (Å²) < 4.78 is 0. The van der Waals surface area contributed by atoms with Crippen LogP contribution in [0.25, 0.3) is 0 Å². The van der Waals surface area contributed by atoms with E-state index in [0.29, 0.717) is 6.04 Å². The summed E-state index contributed by atoms with van der Waals surface area (Å²) in [5.74, 6) is 1.58. The van der Waals surface area contributed by atoms with Gasteiger partial charge in [0.2, 0.25) is 0 Å². The third-order valence-electron chi connectivity index (χ3n) is 4.29. The van der Waals surface area contributed by atoms with Crippen LogP contribution in [0.2, 0.25) is 0 Å². The molecule has 108 valence electrons. The Labute approximate surface area is 119 Å². The normalized spacial score (nSPS) is 23.7. The van der Waals surface area contributed by atoms with Crippen molar-refractivity contribution in [1.82, 2.24) is 5.32 Å². The molecular formula is C16H32ClN. The molecule has 0 spiro atoms. The Bertz CT molecular complexity index is 184. The van der Waals surface area contributed by atoms with E-state index in [9.17, 15) is 0 Å². The molecule has 0 aromatic carbocycles. The summed E-state index contributed by atoms with van der Waals surface area (Å²) in [5, 5.41) is 3.71. The number of alkyl halides is 1. The summed E-state index contributed by atoms with van der Waals surface area (Å²) in [6.45, 7) is 3.48. The first kappa shape index (κ1) is 16.3. The summed E-state index contributed by atoms with van der Waals surface area (Å²) in [4.78, 5) is 0. The lowest BCUT2D eigenvalue weighted by molar-refractivity contribution is 0.422. The van der Waals surface area contributed by atoms with Gasteiger partial charge < -0.3 is 5.32 Å². The predicted molar refractivity (Wildman–Crippen MR) is 82.5 cm³/mol. The van der Waals surface area contributed by atoms with Crippen LogP contribution in [0.4, 0.5) is 0 Å². The Balaban J connectivity index is 1.83. The van der Waals surface area contributed by atoms with Crippen LogP contribution in [0.15, 0.2) is 0 Å². The average molecular weight is 274 g/mol. The maximum atomic E-state index is 5.99. The fraction of sp³-hybridized carbons (Fsp3) is 1.00. The molecule has 1 aliphatic carbocycles. The van der Waals surface area contributed by atoms with E-state index >= 15 is 0 Å². The molecule has 0 radical (unpaired) electrons. The van der Waals surface area contributed by atoms with E-state index in [1.807, 2.05) is 0 Å². The summed E-state index contributed by atoms with van der Waals surface area (Å²) in [6.07, 6.45) is 15.3. The highest BCUT2D eigenvalue weighted by molar-refractivity contribution is 6.18. The van der Waals surface area contributed by atoms with E-state index in [-0.39, 0.29) is 0 Å². The van der Waals surface area contributed by atoms with E-state index in [0.717, 1.165) is 11.8 Å². The molecule has 2 unspecified atom stereocenters. The van der Waals surface area contributed by atoms with Crippen molar-refractivity contribution in [2.75, 3.05) is 12.4 Å². The molecule has 0 bridgehead atoms. The second-order valence-electron chi connectivity index (χ2n) is 5.88. The fourth-order valence-electron chi connectivity index (χ4n) is 3.04. The van der Waals surface area contributed by atoms with E-state index in [2.05, 4.69) is 12.2 Å². The van der Waals surface area contributed by atoms with Crippen LogP contribution in [0.3, 0.4) is 0 Å². The van der Waals surface area contributed by atoms with Crippen LogP contribution < -0.4 is 5.32 Å². The Hall–Kier alpha value is 0.250. The van der Waals surface area contributed by atoms with E-state index in [4.69, 9.17) is 11.6 Å². The van der Waals surface area contributed by atoms with Gasteiger partial charge in [-0.15, -0.1) is 11.6 Å². The first-order valence-electron chi connectivity index (χ1n) is 8.17. The lowest BCUT2D eigenvalue weighted by Crippen LogP contribution is -2.33. The average Bonchev–Trinajstić information content (AvgIpc) is 2.84. The highest BCUT2D eigenvalue weighted by Gasteiger charge is 2.25. The Kier molecular flexibility index (Phi) is 10.1. The van der Waals surface area contributed by atoms with Gasteiger partial charge in [0, 0.05) is 11.9 Å². The standard InChI is InChI=1S/C16H32ClN/c1-2-3-4-5-6-7-8-9-13-18-16-12-10-11-15(16)14-17/h15-16,18H,2-14H2,1H3. The molecule has 0 heterocycles. The van der Waals surface area contributed by atoms with Crippen molar-refractivity contribution in [3.05, 3.63) is 0 Å². The monoisotopic (exact) mass is 273 g/mol. The zero-order valence-corrected chi connectivity index (χ0v) is 13.0. The molecule has 0 saturated heterocycles. The van der Waals surface area contributed by atoms with Gasteiger partial charge >= 0.3 is 0 Å². The molecule has 1 saturated carbocycles. The smallest absolute Gasteiger partial charge is 0.0266 e. The van der Waals surface area contributed by atoms with Crippen molar-refractivity contribution in [2.45, 2.75) is 83.6 Å². The van der Waals surface area contributed by atoms with Gasteiger partial charge in [0.05, 0.1) is 0 Å². The van der Waals surface area contributed by atoms with Crippen LogP contribution in [0.5, 0.6) is 0 Å². The van der Waals surface area contributed by atoms with E-state index in [1.54, 1.807) is 0 Å². The number of nitrogens with one attached hydrogen (secondary N) is 1. The quantitative estimate of drug-likeness (QED) is 0.407. The number of unbranched alkanes of at least 4 members (excludes halogenated alkanes) is 7. The van der Waals surface area contributed by atoms with Gasteiger partial charge in [-0.3, -0.25) is 0 Å². The van der Waals surface area contributed by atoms with Gasteiger partial charge in [-0.2, -0.15) is 0 Å². The number of hydrogen-bond donors (Lipinski definition) is 1. The second kappa shape index (κ2) is 11.1. The maximum absolute atomic E-state index is 5.99. The van der Waals surface area contributed by atoms with Crippen molar-refractivity contribution in [3.8, 4) is 0 Å². The molecule has 1 aliphatic rings. The summed E-state index contributed by atoms with van der Waals surface area (Å²) in [6, 6.07) is 0.715. The van der Waals surface area contributed by atoms with Crippen molar-refractivity contribution in [3.63, 3.8) is 0 Å². The lowest BCUT2D eigenvalue weighted by Gasteiger charge is -2.18. The minimum Gasteiger partial charge on any atom is -0.314 e. The number of rotatable bonds is 11. The van der Waals surface area contributed by atoms with Crippen LogP contribution in [0, 0.1) is 5.92 Å². The molecule has 0 amide bonds. The lowest BCUT2D eigenvalue weighted by atomic mass is 10.1. The molecule has 2 atom stereocenters. The van der Waals surface area contributed by atoms with Crippen LogP contribution >= 0.6 is 11.6 Å². The summed E-state index contributed by atoms with van der Waals surface area (Å²) >= 11 is 5.99. The number of hydrogen-bond acceptors (Lipinski definition) is 1. The van der Waals surface area contributed by atoms with Crippen molar-refractivity contribution in [1.29, 1.82) is 0 Å². The first-order valence-corrected chi connectivity index (χ1v) is 8.71. The zero-order valence-electron chi connectivity index (χ0n) is 12.2. The SMILES string of the molecule is CCCCCCCCCCNC1CCCC1CCl. The van der Waals surface area contributed by atoms with Gasteiger partial charge in [0.25, 0.3) is 0 Å². The van der Waals surface area contributed by atoms with Gasteiger partial charge in [-0.1, -0.05) is 58.3 Å². The van der Waals surface area contributed by atoms with E-state index < -0.39 is 0 Å². The highest BCUT2D eigenvalue weighted by atomic mass is 35.5.